The van der Waals surface area contributed by atoms with Gasteiger partial charge in [0.15, 0.2) is 11.6 Å². The Morgan fingerprint density at radius 2 is 1.02 bits per heavy atom. The molecule has 6 heteroatoms. The highest BCUT2D eigenvalue weighted by Crippen LogP contribution is 2.44. The number of hydrogen-bond acceptors (Lipinski definition) is 6. The fourth-order valence-electron chi connectivity index (χ4n) is 6.06. The van der Waals surface area contributed by atoms with E-state index < -0.39 is 0 Å². The second-order valence-corrected chi connectivity index (χ2v) is 13.0. The summed E-state index contributed by atoms with van der Waals surface area (Å²) < 4.78 is 4.97. The van der Waals surface area contributed by atoms with Crippen molar-refractivity contribution < 1.29 is 0 Å². The molecule has 0 radical (unpaired) electrons. The minimum absolute atomic E-state index is 0.573. The van der Waals surface area contributed by atoms with Crippen LogP contribution < -0.4 is 4.90 Å². The molecule has 0 aliphatic rings. The van der Waals surface area contributed by atoms with Crippen molar-refractivity contribution in [1.29, 1.82) is 0 Å². The van der Waals surface area contributed by atoms with E-state index in [0.717, 1.165) is 22.5 Å². The van der Waals surface area contributed by atoms with Crippen molar-refractivity contribution in [2.24, 2.45) is 0 Å². The summed E-state index contributed by atoms with van der Waals surface area (Å²) in [5, 5.41) is 4.94. The maximum absolute atomic E-state index is 5.23. The van der Waals surface area contributed by atoms with Crippen LogP contribution in [0.25, 0.3) is 63.1 Å². The Morgan fingerprint density at radius 3 is 1.82 bits per heavy atom. The summed E-state index contributed by atoms with van der Waals surface area (Å²) in [6.45, 7) is 0. The van der Waals surface area contributed by atoms with Gasteiger partial charge in [-0.15, -0.1) is 22.7 Å². The van der Waals surface area contributed by atoms with Gasteiger partial charge in [0.25, 0.3) is 0 Å². The van der Waals surface area contributed by atoms with Crippen LogP contribution >= 0.6 is 22.7 Å². The molecule has 0 N–H and O–H groups in total. The van der Waals surface area contributed by atoms with Gasteiger partial charge in [-0.2, -0.15) is 9.97 Å². The second-order valence-electron chi connectivity index (χ2n) is 10.9. The fraction of sp³-hybridized carbons (Fsp3) is 0. The minimum Gasteiger partial charge on any atom is -0.278 e. The molecule has 6 aromatic carbocycles. The van der Waals surface area contributed by atoms with Crippen molar-refractivity contribution in [2.75, 3.05) is 4.90 Å². The van der Waals surface area contributed by atoms with E-state index in [1.807, 2.05) is 35.6 Å². The van der Waals surface area contributed by atoms with Crippen LogP contribution in [0, 0.1) is 0 Å². The normalized spacial score (nSPS) is 11.6. The molecule has 3 aromatic heterocycles. The molecule has 0 saturated heterocycles. The highest BCUT2D eigenvalue weighted by molar-refractivity contribution is 7.26. The monoisotopic (exact) mass is 612 g/mol. The van der Waals surface area contributed by atoms with Gasteiger partial charge >= 0.3 is 0 Å². The molecule has 0 saturated carbocycles. The molecule has 3 heterocycles. The zero-order valence-electron chi connectivity index (χ0n) is 24.0. The van der Waals surface area contributed by atoms with Crippen LogP contribution in [-0.4, -0.2) is 15.0 Å². The molecular formula is C39H24N4S2. The molecule has 0 unspecified atom stereocenters. The second kappa shape index (κ2) is 10.6. The molecule has 0 atom stereocenters. The lowest BCUT2D eigenvalue weighted by atomic mass is 10.1. The summed E-state index contributed by atoms with van der Waals surface area (Å²) in [5.41, 5.74) is 3.92. The van der Waals surface area contributed by atoms with Gasteiger partial charge in [0.2, 0.25) is 5.95 Å². The third-order valence-electron chi connectivity index (χ3n) is 8.13. The van der Waals surface area contributed by atoms with E-state index in [-0.39, 0.29) is 0 Å². The van der Waals surface area contributed by atoms with Crippen molar-refractivity contribution in [3.63, 3.8) is 0 Å². The summed E-state index contributed by atoms with van der Waals surface area (Å²) in [7, 11) is 0. The molecule has 212 valence electrons. The molecule has 9 rings (SSSR count). The van der Waals surface area contributed by atoms with Crippen LogP contribution in [-0.2, 0) is 0 Å². The topological polar surface area (TPSA) is 41.9 Å². The van der Waals surface area contributed by atoms with Gasteiger partial charge in [-0.3, -0.25) is 4.90 Å². The van der Waals surface area contributed by atoms with Gasteiger partial charge in [0.05, 0.1) is 5.69 Å². The smallest absolute Gasteiger partial charge is 0.238 e. The number of nitrogens with zero attached hydrogens (tertiary/aromatic N) is 4. The van der Waals surface area contributed by atoms with E-state index >= 15 is 0 Å². The number of hydrogen-bond donors (Lipinski definition) is 0. The molecule has 4 nitrogen and oxygen atoms in total. The van der Waals surface area contributed by atoms with Crippen LogP contribution in [0.4, 0.5) is 17.3 Å². The summed E-state index contributed by atoms with van der Waals surface area (Å²) in [6, 6.07) is 50.8. The first kappa shape index (κ1) is 26.0. The number of anilines is 3. The molecule has 0 spiro atoms. The van der Waals surface area contributed by atoms with Gasteiger partial charge in [-0.25, -0.2) is 4.98 Å². The first-order valence-electron chi connectivity index (χ1n) is 14.8. The molecule has 0 aliphatic carbocycles. The minimum atomic E-state index is 0.573. The first-order valence-corrected chi connectivity index (χ1v) is 16.4. The largest absolute Gasteiger partial charge is 0.278 e. The molecule has 0 fully saturated rings. The van der Waals surface area contributed by atoms with Crippen LogP contribution in [0.1, 0.15) is 0 Å². The molecule has 9 aromatic rings. The Labute approximate surface area is 267 Å². The van der Waals surface area contributed by atoms with Gasteiger partial charge in [0.1, 0.15) is 0 Å². The lowest BCUT2D eigenvalue weighted by Gasteiger charge is -2.25. The fourth-order valence-corrected chi connectivity index (χ4v) is 8.33. The Kier molecular flexibility index (Phi) is 6.14. The zero-order valence-corrected chi connectivity index (χ0v) is 25.6. The number of para-hydroxylation sites is 1. The van der Waals surface area contributed by atoms with Gasteiger partial charge < -0.3 is 0 Å². The molecule has 45 heavy (non-hydrogen) atoms. The highest BCUT2D eigenvalue weighted by Gasteiger charge is 2.23. The maximum atomic E-state index is 5.23. The SMILES string of the molecule is c1ccc(-c2nc(-c3ccc4c(c3)sc3ccccc34)nc(N(c3ccccc3)c3cccc4sc5ccccc5c34)n2)cc1. The predicted octanol–water partition coefficient (Wildman–Crippen LogP) is 11.4. The molecular weight excluding hydrogens is 589 g/mol. The third-order valence-corrected chi connectivity index (χ3v) is 10.4. The van der Waals surface area contributed by atoms with Gasteiger partial charge in [-0.05, 0) is 42.5 Å². The van der Waals surface area contributed by atoms with Crippen LogP contribution in [0.15, 0.2) is 146 Å². The van der Waals surface area contributed by atoms with E-state index in [2.05, 4.69) is 126 Å². The zero-order chi connectivity index (χ0) is 29.7. The lowest BCUT2D eigenvalue weighted by molar-refractivity contribution is 1.03. The average Bonchev–Trinajstić information content (AvgIpc) is 3.68. The summed E-state index contributed by atoms with van der Waals surface area (Å²) in [6.07, 6.45) is 0. The van der Waals surface area contributed by atoms with Crippen molar-refractivity contribution in [1.82, 2.24) is 15.0 Å². The lowest BCUT2D eigenvalue weighted by Crippen LogP contribution is -2.15. The summed E-state index contributed by atoms with van der Waals surface area (Å²) in [4.78, 5) is 17.6. The molecule has 0 amide bonds. The number of thiophene rings is 2. The van der Waals surface area contributed by atoms with Crippen molar-refractivity contribution in [3.05, 3.63) is 146 Å². The predicted molar refractivity (Wildman–Crippen MR) is 191 cm³/mol. The van der Waals surface area contributed by atoms with Gasteiger partial charge in [0, 0.05) is 57.2 Å². The van der Waals surface area contributed by atoms with Crippen molar-refractivity contribution in [3.8, 4) is 22.8 Å². The van der Waals surface area contributed by atoms with E-state index in [1.165, 1.54) is 40.3 Å². The van der Waals surface area contributed by atoms with Crippen LogP contribution in [0.5, 0.6) is 0 Å². The molecule has 0 bridgehead atoms. The standard InChI is InChI=1S/C39H24N4S2/c1-3-12-25(13-4-1)37-40-38(26-22-23-29-28-16-7-9-19-32(28)45-35(29)24-26)42-39(41-37)43(27-14-5-2-6-15-27)31-18-11-21-34-36(31)30-17-8-10-20-33(30)44-34/h1-24H. The number of aromatic nitrogens is 3. The summed E-state index contributed by atoms with van der Waals surface area (Å²) >= 11 is 3.61. The number of benzene rings is 6. The van der Waals surface area contributed by atoms with Crippen LogP contribution in [0.2, 0.25) is 0 Å². The maximum Gasteiger partial charge on any atom is 0.238 e. The Bertz CT molecular complexity index is 2500. The quantitative estimate of drug-likeness (QED) is 0.194. The van der Waals surface area contributed by atoms with E-state index in [4.69, 9.17) is 15.0 Å². The molecule has 0 aliphatic heterocycles. The summed E-state index contributed by atoms with van der Waals surface area (Å²) in [5.74, 6) is 1.85. The number of rotatable bonds is 5. The van der Waals surface area contributed by atoms with E-state index in [1.54, 1.807) is 11.3 Å². The average molecular weight is 613 g/mol. The third kappa shape index (κ3) is 4.46. The Balaban J connectivity index is 1.31. The Morgan fingerprint density at radius 1 is 0.422 bits per heavy atom. The van der Waals surface area contributed by atoms with Gasteiger partial charge in [-0.1, -0.05) is 103 Å². The highest BCUT2D eigenvalue weighted by atomic mass is 32.1. The van der Waals surface area contributed by atoms with Crippen molar-refractivity contribution in [2.45, 2.75) is 0 Å². The van der Waals surface area contributed by atoms with Crippen LogP contribution in [0.3, 0.4) is 0 Å². The van der Waals surface area contributed by atoms with E-state index in [0.29, 0.717) is 17.6 Å². The number of fused-ring (bicyclic) bond motifs is 6. The van der Waals surface area contributed by atoms with Crippen molar-refractivity contribution >= 4 is 80.3 Å². The van der Waals surface area contributed by atoms with E-state index in [9.17, 15) is 0 Å². The Hall–Kier alpha value is -5.43. The first-order chi connectivity index (χ1) is 22.3.